The van der Waals surface area contributed by atoms with E-state index < -0.39 is 0 Å². The van der Waals surface area contributed by atoms with Gasteiger partial charge in [0, 0.05) is 32.7 Å². The van der Waals surface area contributed by atoms with Crippen LogP contribution in [0.15, 0.2) is 65.8 Å². The monoisotopic (exact) mass is 389 g/mol. The Bertz CT molecular complexity index is 989. The van der Waals surface area contributed by atoms with Crippen LogP contribution >= 0.6 is 0 Å². The van der Waals surface area contributed by atoms with Gasteiger partial charge in [0.05, 0.1) is 12.8 Å². The van der Waals surface area contributed by atoms with Gasteiger partial charge in [0.15, 0.2) is 11.5 Å². The predicted octanol–water partition coefficient (Wildman–Crippen LogP) is 4.10. The summed E-state index contributed by atoms with van der Waals surface area (Å²) in [6, 6.07) is 20.4. The van der Waals surface area contributed by atoms with Gasteiger partial charge in [-0.05, 0) is 47.0 Å². The van der Waals surface area contributed by atoms with Crippen LogP contribution in [-0.4, -0.2) is 54.0 Å². The lowest BCUT2D eigenvalue weighted by atomic mass is 10.0. The molecular formula is C24H27N3O2. The third-order valence-corrected chi connectivity index (χ3v) is 5.28. The maximum atomic E-state index is 9.81. The average Bonchev–Trinajstić information content (AvgIpc) is 2.76. The summed E-state index contributed by atoms with van der Waals surface area (Å²) in [5.41, 5.74) is 2.30. The number of rotatable bonds is 6. The zero-order valence-electron chi connectivity index (χ0n) is 16.8. The van der Waals surface area contributed by atoms with E-state index in [9.17, 15) is 5.11 Å². The summed E-state index contributed by atoms with van der Waals surface area (Å²) in [6.07, 6.45) is 1.84. The Labute approximate surface area is 171 Å². The van der Waals surface area contributed by atoms with Gasteiger partial charge in [0.25, 0.3) is 0 Å². The Kier molecular flexibility index (Phi) is 5.96. The molecule has 1 heterocycles. The van der Waals surface area contributed by atoms with Crippen molar-refractivity contribution in [1.82, 2.24) is 9.91 Å². The van der Waals surface area contributed by atoms with E-state index in [1.807, 2.05) is 25.3 Å². The number of aromatic hydroxyl groups is 1. The van der Waals surface area contributed by atoms with E-state index in [0.717, 1.165) is 38.3 Å². The van der Waals surface area contributed by atoms with Crippen LogP contribution in [0.4, 0.5) is 0 Å². The molecule has 3 aromatic carbocycles. The van der Waals surface area contributed by atoms with Crippen molar-refractivity contribution in [1.29, 1.82) is 0 Å². The highest BCUT2D eigenvalue weighted by Gasteiger charge is 2.16. The molecule has 0 spiro atoms. The second kappa shape index (κ2) is 8.97. The maximum absolute atomic E-state index is 9.81. The van der Waals surface area contributed by atoms with Crippen LogP contribution in [0.3, 0.4) is 0 Å². The molecule has 29 heavy (non-hydrogen) atoms. The first-order chi connectivity index (χ1) is 14.2. The molecule has 3 aromatic rings. The molecule has 0 aliphatic carbocycles. The minimum Gasteiger partial charge on any atom is -0.504 e. The van der Waals surface area contributed by atoms with Crippen LogP contribution in [0.1, 0.15) is 18.1 Å². The van der Waals surface area contributed by atoms with Gasteiger partial charge in [-0.1, -0.05) is 42.5 Å². The number of fused-ring (bicyclic) bond motifs is 1. The fourth-order valence-electron chi connectivity index (χ4n) is 3.71. The number of hydrogen-bond acceptors (Lipinski definition) is 5. The summed E-state index contributed by atoms with van der Waals surface area (Å²) in [6.45, 7) is 7.16. The van der Waals surface area contributed by atoms with Crippen molar-refractivity contribution in [3.05, 3.63) is 71.8 Å². The molecule has 0 unspecified atom stereocenters. The van der Waals surface area contributed by atoms with Crippen LogP contribution in [-0.2, 0) is 6.54 Å². The maximum Gasteiger partial charge on any atom is 0.161 e. The van der Waals surface area contributed by atoms with Gasteiger partial charge >= 0.3 is 0 Å². The highest BCUT2D eigenvalue weighted by Crippen LogP contribution is 2.26. The molecule has 0 aromatic heterocycles. The number of nitrogens with zero attached hydrogens (tertiary/aromatic N) is 3. The van der Waals surface area contributed by atoms with Crippen molar-refractivity contribution >= 4 is 17.0 Å². The molecule has 0 radical (unpaired) electrons. The van der Waals surface area contributed by atoms with Gasteiger partial charge in [-0.15, -0.1) is 0 Å². The first-order valence-electron chi connectivity index (χ1n) is 10.2. The van der Waals surface area contributed by atoms with E-state index in [4.69, 9.17) is 4.74 Å². The van der Waals surface area contributed by atoms with E-state index in [2.05, 4.69) is 57.5 Å². The van der Waals surface area contributed by atoms with Crippen LogP contribution in [0.25, 0.3) is 10.8 Å². The quantitative estimate of drug-likeness (QED) is 0.645. The standard InChI is InChI=1S/C24H27N3O2/c1-2-29-24-16-19(10-11-23(24)28)17-25-27-14-12-26(13-15-27)18-21-8-5-7-20-6-3-4-9-22(20)21/h3-11,16-17,28H,2,12-15,18H2,1H3. The summed E-state index contributed by atoms with van der Waals surface area (Å²) in [5, 5.41) is 19.2. The molecule has 150 valence electrons. The largest absolute Gasteiger partial charge is 0.504 e. The first-order valence-corrected chi connectivity index (χ1v) is 10.2. The topological polar surface area (TPSA) is 48.3 Å². The first kappa shape index (κ1) is 19.3. The van der Waals surface area contributed by atoms with Crippen LogP contribution in [0.5, 0.6) is 11.5 Å². The van der Waals surface area contributed by atoms with Gasteiger partial charge < -0.3 is 9.84 Å². The number of piperazine rings is 1. The van der Waals surface area contributed by atoms with Gasteiger partial charge in [-0.3, -0.25) is 9.91 Å². The van der Waals surface area contributed by atoms with Gasteiger partial charge in [-0.25, -0.2) is 0 Å². The molecule has 0 amide bonds. The third kappa shape index (κ3) is 4.69. The molecule has 1 saturated heterocycles. The highest BCUT2D eigenvalue weighted by molar-refractivity contribution is 5.85. The minimum atomic E-state index is 0.158. The normalized spacial score (nSPS) is 15.3. The summed E-state index contributed by atoms with van der Waals surface area (Å²) in [5.74, 6) is 0.655. The molecule has 1 aliphatic heterocycles. The van der Waals surface area contributed by atoms with Crippen molar-refractivity contribution in [3.8, 4) is 11.5 Å². The molecule has 1 N–H and O–H groups in total. The fraction of sp³-hybridized carbons (Fsp3) is 0.292. The van der Waals surface area contributed by atoms with Crippen LogP contribution in [0, 0.1) is 0 Å². The molecule has 1 fully saturated rings. The zero-order chi connectivity index (χ0) is 20.1. The van der Waals surface area contributed by atoms with Crippen molar-refractivity contribution in [2.24, 2.45) is 5.10 Å². The average molecular weight is 389 g/mol. The SMILES string of the molecule is CCOc1cc(C=NN2CCN(Cc3cccc4ccccc34)CC2)ccc1O. The van der Waals surface area contributed by atoms with E-state index >= 15 is 0 Å². The predicted molar refractivity (Wildman–Crippen MR) is 118 cm³/mol. The van der Waals surface area contributed by atoms with Gasteiger partial charge in [-0.2, -0.15) is 5.10 Å². The lowest BCUT2D eigenvalue weighted by Crippen LogP contribution is -2.43. The molecule has 1 aliphatic rings. The number of hydrazone groups is 1. The lowest BCUT2D eigenvalue weighted by Gasteiger charge is -2.33. The molecule has 5 nitrogen and oxygen atoms in total. The number of phenolic OH excluding ortho intramolecular Hbond substituents is 1. The number of phenols is 1. The Balaban J connectivity index is 1.35. The van der Waals surface area contributed by atoms with Gasteiger partial charge in [0.2, 0.25) is 0 Å². The van der Waals surface area contributed by atoms with Crippen LogP contribution in [0.2, 0.25) is 0 Å². The van der Waals surface area contributed by atoms with E-state index in [0.29, 0.717) is 12.4 Å². The Morgan fingerprint density at radius 3 is 2.62 bits per heavy atom. The lowest BCUT2D eigenvalue weighted by molar-refractivity contribution is 0.131. The Morgan fingerprint density at radius 1 is 1.00 bits per heavy atom. The van der Waals surface area contributed by atoms with Crippen molar-refractivity contribution in [3.63, 3.8) is 0 Å². The zero-order valence-corrected chi connectivity index (χ0v) is 16.8. The number of ether oxygens (including phenoxy) is 1. The summed E-state index contributed by atoms with van der Waals surface area (Å²) >= 11 is 0. The smallest absolute Gasteiger partial charge is 0.161 e. The van der Waals surface area contributed by atoms with E-state index in [-0.39, 0.29) is 5.75 Å². The highest BCUT2D eigenvalue weighted by atomic mass is 16.5. The van der Waals surface area contributed by atoms with Crippen molar-refractivity contribution < 1.29 is 9.84 Å². The molecule has 4 rings (SSSR count). The second-order valence-corrected chi connectivity index (χ2v) is 7.27. The third-order valence-electron chi connectivity index (χ3n) is 5.28. The van der Waals surface area contributed by atoms with Gasteiger partial charge in [0.1, 0.15) is 0 Å². The summed E-state index contributed by atoms with van der Waals surface area (Å²) in [7, 11) is 0. The summed E-state index contributed by atoms with van der Waals surface area (Å²) in [4.78, 5) is 2.49. The molecule has 5 heteroatoms. The minimum absolute atomic E-state index is 0.158. The summed E-state index contributed by atoms with van der Waals surface area (Å²) < 4.78 is 5.44. The molecule has 0 atom stereocenters. The molecule has 0 saturated carbocycles. The fourth-order valence-corrected chi connectivity index (χ4v) is 3.71. The van der Waals surface area contributed by atoms with E-state index in [1.165, 1.54) is 16.3 Å². The number of hydrogen-bond donors (Lipinski definition) is 1. The Hall–Kier alpha value is -3.05. The number of benzene rings is 3. The van der Waals surface area contributed by atoms with E-state index in [1.54, 1.807) is 6.07 Å². The van der Waals surface area contributed by atoms with Crippen molar-refractivity contribution in [2.75, 3.05) is 32.8 Å². The van der Waals surface area contributed by atoms with Crippen LogP contribution < -0.4 is 4.74 Å². The molecular weight excluding hydrogens is 362 g/mol. The Morgan fingerprint density at radius 2 is 1.79 bits per heavy atom. The van der Waals surface area contributed by atoms with Crippen molar-refractivity contribution in [2.45, 2.75) is 13.5 Å². The molecule has 0 bridgehead atoms. The second-order valence-electron chi connectivity index (χ2n) is 7.27.